The number of piperidine rings is 1. The van der Waals surface area contributed by atoms with Crippen molar-refractivity contribution in [1.29, 1.82) is 0 Å². The van der Waals surface area contributed by atoms with Gasteiger partial charge in [0.25, 0.3) is 0 Å². The standard InChI is InChI=1S/C16H21Cl2FN2O/c1-3-14(22)21-8-6-11(7-9-21)20-10(2)15-12(17)4-5-13(19)16(15)18/h4-5,10-11,20H,3,6-9H2,1-2H3. The molecule has 2 rings (SSSR count). The highest BCUT2D eigenvalue weighted by Crippen LogP contribution is 2.33. The van der Waals surface area contributed by atoms with Crippen molar-refractivity contribution in [3.8, 4) is 0 Å². The molecule has 0 saturated carbocycles. The van der Waals surface area contributed by atoms with Crippen LogP contribution in [0, 0.1) is 5.82 Å². The number of rotatable bonds is 4. The van der Waals surface area contributed by atoms with Crippen LogP contribution >= 0.6 is 23.2 Å². The molecule has 3 nitrogen and oxygen atoms in total. The van der Waals surface area contributed by atoms with Crippen LogP contribution in [0.2, 0.25) is 10.0 Å². The third-order valence-electron chi connectivity index (χ3n) is 4.15. The number of amides is 1. The van der Waals surface area contributed by atoms with Crippen molar-refractivity contribution >= 4 is 29.1 Å². The first-order chi connectivity index (χ1) is 10.4. The van der Waals surface area contributed by atoms with Crippen LogP contribution in [-0.2, 0) is 4.79 Å². The molecule has 1 aromatic carbocycles. The third kappa shape index (κ3) is 3.92. The smallest absolute Gasteiger partial charge is 0.222 e. The van der Waals surface area contributed by atoms with Gasteiger partial charge in [0.15, 0.2) is 0 Å². The summed E-state index contributed by atoms with van der Waals surface area (Å²) in [6.45, 7) is 5.31. The maximum atomic E-state index is 13.6. The Morgan fingerprint density at radius 2 is 2.05 bits per heavy atom. The average Bonchev–Trinajstić information content (AvgIpc) is 2.51. The molecule has 0 bridgehead atoms. The van der Waals surface area contributed by atoms with Crippen LogP contribution in [0.1, 0.15) is 44.7 Å². The van der Waals surface area contributed by atoms with Crippen LogP contribution in [0.5, 0.6) is 0 Å². The number of likely N-dealkylation sites (tertiary alicyclic amines) is 1. The van der Waals surface area contributed by atoms with Gasteiger partial charge in [-0.15, -0.1) is 0 Å². The SMILES string of the molecule is CCC(=O)N1CCC(NC(C)c2c(Cl)ccc(F)c2Cl)CC1. The maximum Gasteiger partial charge on any atom is 0.222 e. The largest absolute Gasteiger partial charge is 0.343 e. The van der Waals surface area contributed by atoms with Crippen molar-refractivity contribution in [3.63, 3.8) is 0 Å². The molecular formula is C16H21Cl2FN2O. The third-order valence-corrected chi connectivity index (χ3v) is 4.86. The van der Waals surface area contributed by atoms with E-state index in [0.29, 0.717) is 17.0 Å². The van der Waals surface area contributed by atoms with Gasteiger partial charge in [-0.2, -0.15) is 0 Å². The Hall–Kier alpha value is -0.840. The Morgan fingerprint density at radius 3 is 2.64 bits per heavy atom. The van der Waals surface area contributed by atoms with Crippen LogP contribution in [0.25, 0.3) is 0 Å². The minimum absolute atomic E-state index is 0.0751. The molecule has 22 heavy (non-hydrogen) atoms. The molecule has 122 valence electrons. The molecule has 1 amide bonds. The second-order valence-corrected chi connectivity index (χ2v) is 6.44. The molecule has 1 atom stereocenters. The van der Waals surface area contributed by atoms with Crippen LogP contribution < -0.4 is 5.32 Å². The zero-order valence-electron chi connectivity index (χ0n) is 12.8. The predicted molar refractivity (Wildman–Crippen MR) is 87.9 cm³/mol. The van der Waals surface area contributed by atoms with Crippen molar-refractivity contribution in [2.24, 2.45) is 0 Å². The predicted octanol–water partition coefficient (Wildman–Crippen LogP) is 4.18. The van der Waals surface area contributed by atoms with Crippen LogP contribution in [0.3, 0.4) is 0 Å². The maximum absolute atomic E-state index is 13.6. The van der Waals surface area contributed by atoms with Crippen molar-refractivity contribution in [1.82, 2.24) is 10.2 Å². The number of hydrogen-bond acceptors (Lipinski definition) is 2. The van der Waals surface area contributed by atoms with Gasteiger partial charge in [0.05, 0.1) is 5.02 Å². The summed E-state index contributed by atoms with van der Waals surface area (Å²) in [5, 5.41) is 3.99. The fourth-order valence-corrected chi connectivity index (χ4v) is 3.59. The van der Waals surface area contributed by atoms with Gasteiger partial charge in [-0.25, -0.2) is 4.39 Å². The minimum atomic E-state index is -0.460. The summed E-state index contributed by atoms with van der Waals surface area (Å²) < 4.78 is 13.6. The summed E-state index contributed by atoms with van der Waals surface area (Å²) in [4.78, 5) is 13.6. The zero-order chi connectivity index (χ0) is 16.3. The van der Waals surface area contributed by atoms with E-state index in [1.165, 1.54) is 12.1 Å². The van der Waals surface area contributed by atoms with Crippen molar-refractivity contribution < 1.29 is 9.18 Å². The highest BCUT2D eigenvalue weighted by molar-refractivity contribution is 6.36. The lowest BCUT2D eigenvalue weighted by molar-refractivity contribution is -0.131. The van der Waals surface area contributed by atoms with E-state index in [2.05, 4.69) is 5.32 Å². The number of halogens is 3. The molecule has 1 unspecified atom stereocenters. The van der Waals surface area contributed by atoms with Gasteiger partial charge < -0.3 is 10.2 Å². The van der Waals surface area contributed by atoms with Gasteiger partial charge in [0.2, 0.25) is 5.91 Å². The molecule has 1 aromatic rings. The number of carbonyl (C=O) groups excluding carboxylic acids is 1. The van der Waals surface area contributed by atoms with Crippen molar-refractivity contribution in [2.75, 3.05) is 13.1 Å². The van der Waals surface area contributed by atoms with E-state index in [0.717, 1.165) is 25.9 Å². The summed E-state index contributed by atoms with van der Waals surface area (Å²) in [7, 11) is 0. The van der Waals surface area contributed by atoms with E-state index in [1.807, 2.05) is 18.7 Å². The normalized spacial score (nSPS) is 17.6. The van der Waals surface area contributed by atoms with Crippen LogP contribution in [0.4, 0.5) is 4.39 Å². The lowest BCUT2D eigenvalue weighted by atomic mass is 10.0. The van der Waals surface area contributed by atoms with Gasteiger partial charge in [-0.05, 0) is 31.9 Å². The van der Waals surface area contributed by atoms with Gasteiger partial charge in [-0.3, -0.25) is 4.79 Å². The Kier molecular flexibility index (Phi) is 6.07. The van der Waals surface area contributed by atoms with Crippen LogP contribution in [0.15, 0.2) is 12.1 Å². The molecule has 1 fully saturated rings. The Morgan fingerprint density at radius 1 is 1.41 bits per heavy atom. The summed E-state index contributed by atoms with van der Waals surface area (Å²) >= 11 is 12.2. The molecular weight excluding hydrogens is 326 g/mol. The minimum Gasteiger partial charge on any atom is -0.343 e. The number of benzene rings is 1. The summed E-state index contributed by atoms with van der Waals surface area (Å²) in [6, 6.07) is 2.93. The molecule has 1 N–H and O–H groups in total. The first-order valence-corrected chi connectivity index (χ1v) is 8.36. The summed E-state index contributed by atoms with van der Waals surface area (Å²) in [5.41, 5.74) is 0.593. The molecule has 6 heteroatoms. The quantitative estimate of drug-likeness (QED) is 0.829. The van der Waals surface area contributed by atoms with E-state index in [1.54, 1.807) is 0 Å². The molecule has 0 aromatic heterocycles. The second kappa shape index (κ2) is 7.62. The first-order valence-electron chi connectivity index (χ1n) is 7.61. The monoisotopic (exact) mass is 346 g/mol. The Balaban J connectivity index is 1.98. The molecule has 1 aliphatic rings. The lowest BCUT2D eigenvalue weighted by Gasteiger charge is -2.34. The lowest BCUT2D eigenvalue weighted by Crippen LogP contribution is -2.45. The van der Waals surface area contributed by atoms with Crippen molar-refractivity contribution in [3.05, 3.63) is 33.6 Å². The van der Waals surface area contributed by atoms with E-state index < -0.39 is 5.82 Å². The van der Waals surface area contributed by atoms with Crippen LogP contribution in [-0.4, -0.2) is 29.9 Å². The second-order valence-electron chi connectivity index (χ2n) is 5.65. The van der Waals surface area contributed by atoms with E-state index >= 15 is 0 Å². The van der Waals surface area contributed by atoms with Gasteiger partial charge >= 0.3 is 0 Å². The number of nitrogens with one attached hydrogen (secondary N) is 1. The van der Waals surface area contributed by atoms with E-state index in [9.17, 15) is 9.18 Å². The zero-order valence-corrected chi connectivity index (χ0v) is 14.3. The Bertz CT molecular complexity index is 545. The number of hydrogen-bond donors (Lipinski definition) is 1. The first kappa shape index (κ1) is 17.5. The highest BCUT2D eigenvalue weighted by atomic mass is 35.5. The molecule has 0 radical (unpaired) electrons. The highest BCUT2D eigenvalue weighted by Gasteiger charge is 2.25. The molecule has 1 aliphatic heterocycles. The van der Waals surface area contributed by atoms with E-state index in [-0.39, 0.29) is 23.0 Å². The van der Waals surface area contributed by atoms with Gasteiger partial charge in [0, 0.05) is 42.2 Å². The number of carbonyl (C=O) groups is 1. The fourth-order valence-electron chi connectivity index (χ4n) is 2.90. The van der Waals surface area contributed by atoms with Gasteiger partial charge in [-0.1, -0.05) is 30.1 Å². The van der Waals surface area contributed by atoms with E-state index in [4.69, 9.17) is 23.2 Å². The fraction of sp³-hybridized carbons (Fsp3) is 0.562. The topological polar surface area (TPSA) is 32.3 Å². The molecule has 0 aliphatic carbocycles. The van der Waals surface area contributed by atoms with Gasteiger partial charge in [0.1, 0.15) is 5.82 Å². The van der Waals surface area contributed by atoms with Crippen molar-refractivity contribution in [2.45, 2.75) is 45.2 Å². The summed E-state index contributed by atoms with van der Waals surface area (Å²) in [5.74, 6) is -0.263. The average molecular weight is 347 g/mol. The molecule has 0 spiro atoms. The Labute approximate surface area is 140 Å². The number of nitrogens with zero attached hydrogens (tertiary/aromatic N) is 1. The summed E-state index contributed by atoms with van der Waals surface area (Å²) in [6.07, 6.45) is 2.30. The molecule has 1 saturated heterocycles. The molecule has 1 heterocycles.